The van der Waals surface area contributed by atoms with Crippen molar-refractivity contribution in [1.82, 2.24) is 5.32 Å². The Bertz CT molecular complexity index is 255. The number of amides is 1. The van der Waals surface area contributed by atoms with Gasteiger partial charge in [0.15, 0.2) is 0 Å². The van der Waals surface area contributed by atoms with Crippen LogP contribution < -0.4 is 5.32 Å². The molecule has 1 fully saturated rings. The molecule has 0 unspecified atom stereocenters. The zero-order valence-electron chi connectivity index (χ0n) is 12.7. The van der Waals surface area contributed by atoms with E-state index < -0.39 is 0 Å². The Morgan fingerprint density at radius 1 is 1.11 bits per heavy atom. The second-order valence-corrected chi connectivity index (χ2v) is 5.96. The molecule has 0 aromatic heterocycles. The summed E-state index contributed by atoms with van der Waals surface area (Å²) in [6.45, 7) is 4.37. The SMILES string of the molecule is CCCCCC[C@@H]1C(=O)N[C@H]1C[C@@H](O)CCCCC. The molecule has 0 spiro atoms. The first-order valence-corrected chi connectivity index (χ1v) is 8.17. The van der Waals surface area contributed by atoms with Gasteiger partial charge < -0.3 is 10.4 Å². The number of β-lactam (4-membered cyclic amide) rings is 1. The molecule has 0 radical (unpaired) electrons. The lowest BCUT2D eigenvalue weighted by molar-refractivity contribution is -0.136. The van der Waals surface area contributed by atoms with Crippen LogP contribution in [0.4, 0.5) is 0 Å². The maximum absolute atomic E-state index is 11.6. The van der Waals surface area contributed by atoms with E-state index in [4.69, 9.17) is 0 Å². The molecular formula is C16H31NO2. The summed E-state index contributed by atoms with van der Waals surface area (Å²) in [4.78, 5) is 11.6. The third-order valence-electron chi connectivity index (χ3n) is 4.19. The van der Waals surface area contributed by atoms with Crippen LogP contribution in [0.5, 0.6) is 0 Å². The van der Waals surface area contributed by atoms with E-state index in [0.717, 1.165) is 32.1 Å². The Labute approximate surface area is 118 Å². The van der Waals surface area contributed by atoms with E-state index in [-0.39, 0.29) is 24.0 Å². The smallest absolute Gasteiger partial charge is 0.225 e. The van der Waals surface area contributed by atoms with E-state index in [9.17, 15) is 9.90 Å². The molecule has 2 N–H and O–H groups in total. The normalized spacial score (nSPS) is 23.8. The van der Waals surface area contributed by atoms with Crippen molar-refractivity contribution in [2.75, 3.05) is 0 Å². The van der Waals surface area contributed by atoms with Gasteiger partial charge >= 0.3 is 0 Å². The average Bonchev–Trinajstić information content (AvgIpc) is 2.38. The molecule has 0 bridgehead atoms. The monoisotopic (exact) mass is 269 g/mol. The van der Waals surface area contributed by atoms with Crippen molar-refractivity contribution >= 4 is 5.91 Å². The molecule has 112 valence electrons. The quantitative estimate of drug-likeness (QED) is 0.446. The summed E-state index contributed by atoms with van der Waals surface area (Å²) in [5, 5.41) is 12.9. The van der Waals surface area contributed by atoms with Gasteiger partial charge in [0.2, 0.25) is 5.91 Å². The van der Waals surface area contributed by atoms with Gasteiger partial charge in [-0.1, -0.05) is 58.8 Å². The van der Waals surface area contributed by atoms with E-state index in [1.165, 1.54) is 32.1 Å². The first-order chi connectivity index (χ1) is 9.19. The minimum Gasteiger partial charge on any atom is -0.393 e. The number of aliphatic hydroxyl groups excluding tert-OH is 1. The molecule has 1 saturated heterocycles. The van der Waals surface area contributed by atoms with Crippen molar-refractivity contribution in [3.63, 3.8) is 0 Å². The van der Waals surface area contributed by atoms with E-state index in [1.54, 1.807) is 0 Å². The Morgan fingerprint density at radius 3 is 2.42 bits per heavy atom. The summed E-state index contributed by atoms with van der Waals surface area (Å²) in [6.07, 6.45) is 10.7. The van der Waals surface area contributed by atoms with Crippen molar-refractivity contribution in [2.24, 2.45) is 5.92 Å². The van der Waals surface area contributed by atoms with Gasteiger partial charge in [-0.15, -0.1) is 0 Å². The van der Waals surface area contributed by atoms with E-state index >= 15 is 0 Å². The highest BCUT2D eigenvalue weighted by molar-refractivity contribution is 5.85. The van der Waals surface area contributed by atoms with Crippen molar-refractivity contribution in [2.45, 2.75) is 90.2 Å². The van der Waals surface area contributed by atoms with E-state index in [0.29, 0.717) is 0 Å². The maximum Gasteiger partial charge on any atom is 0.225 e. The molecule has 1 aliphatic heterocycles. The number of nitrogens with one attached hydrogen (secondary N) is 1. The largest absolute Gasteiger partial charge is 0.393 e. The summed E-state index contributed by atoms with van der Waals surface area (Å²) < 4.78 is 0. The minimum atomic E-state index is -0.240. The van der Waals surface area contributed by atoms with Gasteiger partial charge in [-0.05, 0) is 19.3 Å². The first-order valence-electron chi connectivity index (χ1n) is 8.17. The number of hydrogen-bond acceptors (Lipinski definition) is 2. The molecule has 0 aromatic rings. The molecule has 3 heteroatoms. The van der Waals surface area contributed by atoms with Crippen molar-refractivity contribution in [3.05, 3.63) is 0 Å². The van der Waals surface area contributed by atoms with Crippen LogP contribution in [0, 0.1) is 5.92 Å². The molecule has 0 saturated carbocycles. The molecule has 1 heterocycles. The summed E-state index contributed by atoms with van der Waals surface area (Å²) in [6, 6.07) is 0.228. The standard InChI is InChI=1S/C16H31NO2/c1-3-5-7-9-11-14-15(17-16(14)19)12-13(18)10-8-6-4-2/h13-15,18H,3-12H2,1-2H3,(H,17,19)/t13-,14-,15-/m0/s1. The van der Waals surface area contributed by atoms with Gasteiger partial charge in [0.1, 0.15) is 0 Å². The predicted octanol–water partition coefficient (Wildman–Crippen LogP) is 3.40. The highest BCUT2D eigenvalue weighted by Crippen LogP contribution is 2.26. The number of aliphatic hydroxyl groups is 1. The van der Waals surface area contributed by atoms with Crippen LogP contribution in [0.1, 0.15) is 78.1 Å². The van der Waals surface area contributed by atoms with Crippen LogP contribution in [0.25, 0.3) is 0 Å². The second-order valence-electron chi connectivity index (χ2n) is 5.96. The Kier molecular flexibility index (Phi) is 8.11. The Hall–Kier alpha value is -0.570. The second kappa shape index (κ2) is 9.35. The molecule has 1 amide bonds. The van der Waals surface area contributed by atoms with Crippen molar-refractivity contribution in [1.29, 1.82) is 0 Å². The van der Waals surface area contributed by atoms with Gasteiger partial charge in [0, 0.05) is 6.04 Å². The fourth-order valence-corrected chi connectivity index (χ4v) is 2.86. The first kappa shape index (κ1) is 16.5. The fourth-order valence-electron chi connectivity index (χ4n) is 2.86. The number of unbranched alkanes of at least 4 members (excludes halogenated alkanes) is 5. The zero-order valence-corrected chi connectivity index (χ0v) is 12.7. The Morgan fingerprint density at radius 2 is 1.79 bits per heavy atom. The van der Waals surface area contributed by atoms with Gasteiger partial charge in [0.25, 0.3) is 0 Å². The number of hydrogen-bond donors (Lipinski definition) is 2. The molecule has 3 nitrogen and oxygen atoms in total. The van der Waals surface area contributed by atoms with Gasteiger partial charge in [-0.3, -0.25) is 4.79 Å². The lowest BCUT2D eigenvalue weighted by Crippen LogP contribution is -2.59. The summed E-state index contributed by atoms with van der Waals surface area (Å²) in [5.41, 5.74) is 0. The highest BCUT2D eigenvalue weighted by atomic mass is 16.3. The summed E-state index contributed by atoms with van der Waals surface area (Å²) in [7, 11) is 0. The number of carbonyl (C=O) groups excluding carboxylic acids is 1. The lowest BCUT2D eigenvalue weighted by atomic mass is 9.82. The molecular weight excluding hydrogens is 238 g/mol. The van der Waals surface area contributed by atoms with Crippen LogP contribution in [-0.4, -0.2) is 23.2 Å². The van der Waals surface area contributed by atoms with Gasteiger partial charge in [0.05, 0.1) is 12.0 Å². The number of rotatable bonds is 11. The van der Waals surface area contributed by atoms with Crippen LogP contribution in [0.3, 0.4) is 0 Å². The third kappa shape index (κ3) is 5.94. The van der Waals surface area contributed by atoms with Gasteiger partial charge in [-0.25, -0.2) is 0 Å². The van der Waals surface area contributed by atoms with E-state index in [2.05, 4.69) is 19.2 Å². The van der Waals surface area contributed by atoms with Crippen LogP contribution in [-0.2, 0) is 4.79 Å². The summed E-state index contributed by atoms with van der Waals surface area (Å²) >= 11 is 0. The van der Waals surface area contributed by atoms with Crippen molar-refractivity contribution in [3.8, 4) is 0 Å². The maximum atomic E-state index is 11.6. The van der Waals surface area contributed by atoms with Crippen molar-refractivity contribution < 1.29 is 9.90 Å². The number of carbonyl (C=O) groups is 1. The van der Waals surface area contributed by atoms with E-state index in [1.807, 2.05) is 0 Å². The molecule has 1 aliphatic rings. The third-order valence-corrected chi connectivity index (χ3v) is 4.19. The predicted molar refractivity (Wildman–Crippen MR) is 78.9 cm³/mol. The van der Waals surface area contributed by atoms with Gasteiger partial charge in [-0.2, -0.15) is 0 Å². The van der Waals surface area contributed by atoms with Crippen LogP contribution in [0.15, 0.2) is 0 Å². The average molecular weight is 269 g/mol. The Balaban J connectivity index is 2.16. The molecule has 3 atom stereocenters. The minimum absolute atomic E-state index is 0.165. The topological polar surface area (TPSA) is 49.3 Å². The summed E-state index contributed by atoms with van der Waals surface area (Å²) in [5.74, 6) is 0.361. The van der Waals surface area contributed by atoms with Crippen LogP contribution >= 0.6 is 0 Å². The van der Waals surface area contributed by atoms with Crippen LogP contribution in [0.2, 0.25) is 0 Å². The lowest BCUT2D eigenvalue weighted by Gasteiger charge is -2.38. The highest BCUT2D eigenvalue weighted by Gasteiger charge is 2.39. The fraction of sp³-hybridized carbons (Fsp3) is 0.938. The molecule has 19 heavy (non-hydrogen) atoms. The zero-order chi connectivity index (χ0) is 14.1. The molecule has 0 aliphatic carbocycles. The molecule has 0 aromatic carbocycles. The molecule has 1 rings (SSSR count).